The van der Waals surface area contributed by atoms with E-state index in [-0.39, 0.29) is 0 Å². The minimum absolute atomic E-state index is 0.515. The topological polar surface area (TPSA) is 25.2 Å². The van der Waals surface area contributed by atoms with Gasteiger partial charge in [0.25, 0.3) is 0 Å². The minimum atomic E-state index is 0.515. The standard InChI is InChI=1S/C18H19NOS/c1-14(12-19-13-17-7-4-10-20-17)21-18-9-8-15-5-2-3-6-16(15)11-18/h2-11,14,19H,12-13H2,1H3. The van der Waals surface area contributed by atoms with E-state index in [1.807, 2.05) is 23.9 Å². The Hall–Kier alpha value is -1.71. The molecule has 0 saturated carbocycles. The maximum absolute atomic E-state index is 5.31. The van der Waals surface area contributed by atoms with Crippen molar-refractivity contribution >= 4 is 22.5 Å². The number of thioether (sulfide) groups is 1. The van der Waals surface area contributed by atoms with Crippen molar-refractivity contribution in [3.05, 3.63) is 66.6 Å². The molecule has 1 N–H and O–H groups in total. The first-order valence-electron chi connectivity index (χ1n) is 7.20. The predicted octanol–water partition coefficient (Wildman–Crippen LogP) is 4.70. The number of fused-ring (bicyclic) bond motifs is 1. The Labute approximate surface area is 129 Å². The van der Waals surface area contributed by atoms with Crippen LogP contribution in [0.2, 0.25) is 0 Å². The van der Waals surface area contributed by atoms with Gasteiger partial charge in [0.2, 0.25) is 0 Å². The van der Waals surface area contributed by atoms with Crippen molar-refractivity contribution in [2.24, 2.45) is 0 Å². The summed E-state index contributed by atoms with van der Waals surface area (Å²) in [7, 11) is 0. The summed E-state index contributed by atoms with van der Waals surface area (Å²) in [4.78, 5) is 1.32. The smallest absolute Gasteiger partial charge is 0.117 e. The Kier molecular flexibility index (Phi) is 4.63. The van der Waals surface area contributed by atoms with Gasteiger partial charge in [-0.2, -0.15) is 0 Å². The number of furan rings is 1. The average molecular weight is 297 g/mol. The lowest BCUT2D eigenvalue weighted by Gasteiger charge is -2.12. The molecule has 2 nitrogen and oxygen atoms in total. The lowest BCUT2D eigenvalue weighted by atomic mass is 10.1. The zero-order chi connectivity index (χ0) is 14.5. The maximum atomic E-state index is 5.31. The number of hydrogen-bond acceptors (Lipinski definition) is 3. The van der Waals surface area contributed by atoms with Gasteiger partial charge in [0.15, 0.2) is 0 Å². The summed E-state index contributed by atoms with van der Waals surface area (Å²) in [6.45, 7) is 3.99. The Balaban J connectivity index is 1.54. The molecule has 108 valence electrons. The van der Waals surface area contributed by atoms with Crippen LogP contribution in [0.4, 0.5) is 0 Å². The average Bonchev–Trinajstić information content (AvgIpc) is 3.00. The number of benzene rings is 2. The van der Waals surface area contributed by atoms with Gasteiger partial charge in [-0.3, -0.25) is 0 Å². The van der Waals surface area contributed by atoms with Gasteiger partial charge in [-0.1, -0.05) is 37.3 Å². The Morgan fingerprint density at radius 2 is 1.90 bits per heavy atom. The van der Waals surface area contributed by atoms with Crippen molar-refractivity contribution in [2.45, 2.75) is 23.6 Å². The molecular formula is C18H19NOS. The molecule has 0 radical (unpaired) electrons. The molecule has 0 fully saturated rings. The second-order valence-electron chi connectivity index (χ2n) is 5.15. The van der Waals surface area contributed by atoms with Gasteiger partial charge in [0.05, 0.1) is 12.8 Å². The summed E-state index contributed by atoms with van der Waals surface area (Å²) in [6.07, 6.45) is 1.71. The minimum Gasteiger partial charge on any atom is -0.468 e. The van der Waals surface area contributed by atoms with Crippen LogP contribution in [-0.4, -0.2) is 11.8 Å². The molecule has 1 aromatic heterocycles. The van der Waals surface area contributed by atoms with Crippen LogP contribution in [0.25, 0.3) is 10.8 Å². The van der Waals surface area contributed by atoms with E-state index < -0.39 is 0 Å². The molecule has 1 unspecified atom stereocenters. The predicted molar refractivity (Wildman–Crippen MR) is 89.7 cm³/mol. The van der Waals surface area contributed by atoms with E-state index >= 15 is 0 Å². The van der Waals surface area contributed by atoms with E-state index in [1.54, 1.807) is 6.26 Å². The van der Waals surface area contributed by atoms with E-state index in [0.29, 0.717) is 5.25 Å². The molecule has 0 aliphatic carbocycles. The Morgan fingerprint density at radius 3 is 2.71 bits per heavy atom. The highest BCUT2D eigenvalue weighted by Crippen LogP contribution is 2.26. The molecule has 2 aromatic carbocycles. The monoisotopic (exact) mass is 297 g/mol. The van der Waals surface area contributed by atoms with Crippen LogP contribution in [0.3, 0.4) is 0 Å². The van der Waals surface area contributed by atoms with Gasteiger partial charge in [0, 0.05) is 16.7 Å². The van der Waals surface area contributed by atoms with E-state index in [9.17, 15) is 0 Å². The Morgan fingerprint density at radius 1 is 1.05 bits per heavy atom. The van der Waals surface area contributed by atoms with E-state index in [2.05, 4.69) is 54.7 Å². The van der Waals surface area contributed by atoms with E-state index in [0.717, 1.165) is 18.8 Å². The molecule has 0 amide bonds. The maximum Gasteiger partial charge on any atom is 0.117 e. The number of hydrogen-bond donors (Lipinski definition) is 1. The Bertz CT molecular complexity index is 693. The lowest BCUT2D eigenvalue weighted by Crippen LogP contribution is -2.21. The van der Waals surface area contributed by atoms with Crippen LogP contribution in [0.1, 0.15) is 12.7 Å². The normalized spacial score (nSPS) is 12.6. The summed E-state index contributed by atoms with van der Waals surface area (Å²) >= 11 is 1.90. The highest BCUT2D eigenvalue weighted by Gasteiger charge is 2.05. The van der Waals surface area contributed by atoms with Crippen molar-refractivity contribution in [3.63, 3.8) is 0 Å². The van der Waals surface area contributed by atoms with E-state index in [4.69, 9.17) is 4.42 Å². The molecule has 3 rings (SSSR count). The first-order valence-corrected chi connectivity index (χ1v) is 8.08. The lowest BCUT2D eigenvalue weighted by molar-refractivity contribution is 0.484. The fraction of sp³-hybridized carbons (Fsp3) is 0.222. The van der Waals surface area contributed by atoms with Crippen molar-refractivity contribution in [1.82, 2.24) is 5.32 Å². The highest BCUT2D eigenvalue weighted by atomic mass is 32.2. The first kappa shape index (κ1) is 14.2. The SMILES string of the molecule is CC(CNCc1ccco1)Sc1ccc2ccccc2c1. The molecule has 0 aliphatic heterocycles. The third-order valence-corrected chi connectivity index (χ3v) is 4.46. The number of rotatable bonds is 6. The van der Waals surface area contributed by atoms with Crippen LogP contribution in [0.5, 0.6) is 0 Å². The van der Waals surface area contributed by atoms with Crippen LogP contribution in [0, 0.1) is 0 Å². The summed E-state index contributed by atoms with van der Waals surface area (Å²) in [6, 6.07) is 19.1. The fourth-order valence-corrected chi connectivity index (χ4v) is 3.33. The van der Waals surface area contributed by atoms with Crippen LogP contribution < -0.4 is 5.32 Å². The largest absolute Gasteiger partial charge is 0.468 e. The first-order chi connectivity index (χ1) is 10.3. The van der Waals surface area contributed by atoms with Crippen LogP contribution in [0.15, 0.2) is 70.2 Å². The molecule has 1 atom stereocenters. The molecule has 1 heterocycles. The fourth-order valence-electron chi connectivity index (χ4n) is 2.33. The molecule has 0 saturated heterocycles. The zero-order valence-corrected chi connectivity index (χ0v) is 12.9. The summed E-state index contributed by atoms with van der Waals surface area (Å²) in [5, 5.41) is 6.55. The van der Waals surface area contributed by atoms with Crippen molar-refractivity contribution in [1.29, 1.82) is 0 Å². The molecule has 0 bridgehead atoms. The van der Waals surface area contributed by atoms with Gasteiger partial charge in [-0.05, 0) is 35.0 Å². The van der Waals surface area contributed by atoms with Crippen molar-refractivity contribution in [3.8, 4) is 0 Å². The van der Waals surface area contributed by atoms with Gasteiger partial charge in [-0.15, -0.1) is 11.8 Å². The molecule has 3 aromatic rings. The summed E-state index contributed by atoms with van der Waals surface area (Å²) in [5.74, 6) is 0.984. The van der Waals surface area contributed by atoms with Gasteiger partial charge >= 0.3 is 0 Å². The molecular weight excluding hydrogens is 278 g/mol. The second kappa shape index (κ2) is 6.83. The third-order valence-electron chi connectivity index (χ3n) is 3.37. The molecule has 0 spiro atoms. The number of nitrogens with one attached hydrogen (secondary N) is 1. The second-order valence-corrected chi connectivity index (χ2v) is 6.66. The molecule has 0 aliphatic rings. The third kappa shape index (κ3) is 3.90. The summed E-state index contributed by atoms with van der Waals surface area (Å²) < 4.78 is 5.31. The summed E-state index contributed by atoms with van der Waals surface area (Å²) in [5.41, 5.74) is 0. The molecule has 3 heteroatoms. The quantitative estimate of drug-likeness (QED) is 0.667. The van der Waals surface area contributed by atoms with Crippen LogP contribution in [-0.2, 0) is 6.54 Å². The molecule has 21 heavy (non-hydrogen) atoms. The van der Waals surface area contributed by atoms with Gasteiger partial charge in [-0.25, -0.2) is 0 Å². The van der Waals surface area contributed by atoms with Crippen molar-refractivity contribution < 1.29 is 4.42 Å². The highest BCUT2D eigenvalue weighted by molar-refractivity contribution is 8.00. The van der Waals surface area contributed by atoms with Gasteiger partial charge < -0.3 is 9.73 Å². The van der Waals surface area contributed by atoms with Crippen LogP contribution >= 0.6 is 11.8 Å². The van der Waals surface area contributed by atoms with Crippen molar-refractivity contribution in [2.75, 3.05) is 6.54 Å². The van der Waals surface area contributed by atoms with Gasteiger partial charge in [0.1, 0.15) is 5.76 Å². The van der Waals surface area contributed by atoms with E-state index in [1.165, 1.54) is 15.7 Å². The zero-order valence-electron chi connectivity index (χ0n) is 12.1.